The predicted molar refractivity (Wildman–Crippen MR) is 99.3 cm³/mol. The van der Waals surface area contributed by atoms with E-state index >= 15 is 0 Å². The van der Waals surface area contributed by atoms with E-state index in [4.69, 9.17) is 14.6 Å². The number of aliphatic carboxylic acids is 1. The third-order valence-electron chi connectivity index (χ3n) is 4.34. The van der Waals surface area contributed by atoms with Crippen LogP contribution in [0.4, 0.5) is 16.2 Å². The number of nitrogens with zero attached hydrogens (tertiary/aromatic N) is 2. The Morgan fingerprint density at radius 2 is 2.00 bits per heavy atom. The van der Waals surface area contributed by atoms with Gasteiger partial charge in [-0.15, -0.1) is 0 Å². The van der Waals surface area contributed by atoms with Crippen LogP contribution in [-0.4, -0.2) is 75.0 Å². The Morgan fingerprint density at radius 1 is 1.33 bits per heavy atom. The van der Waals surface area contributed by atoms with Crippen molar-refractivity contribution in [2.75, 3.05) is 57.2 Å². The lowest BCUT2D eigenvalue weighted by atomic mass is 10.1. The van der Waals surface area contributed by atoms with Crippen LogP contribution in [0.1, 0.15) is 17.3 Å². The van der Waals surface area contributed by atoms with Crippen LogP contribution in [-0.2, 0) is 14.3 Å². The fourth-order valence-corrected chi connectivity index (χ4v) is 2.72. The molecule has 2 N–H and O–H groups in total. The molecular formula is C18H25N3O6. The molecule has 1 unspecified atom stereocenters. The number of methoxy groups -OCH3 is 1. The van der Waals surface area contributed by atoms with Crippen LogP contribution in [0, 0.1) is 5.92 Å². The first kappa shape index (κ1) is 20.5. The van der Waals surface area contributed by atoms with E-state index < -0.39 is 23.9 Å². The zero-order chi connectivity index (χ0) is 20.0. The van der Waals surface area contributed by atoms with E-state index in [1.54, 1.807) is 12.1 Å². The van der Waals surface area contributed by atoms with Gasteiger partial charge in [-0.05, 0) is 18.2 Å². The monoisotopic (exact) mass is 379 g/mol. The molecular weight excluding hydrogens is 354 g/mol. The second kappa shape index (κ2) is 9.22. The smallest absolute Gasteiger partial charge is 0.340 e. The molecule has 1 heterocycles. The summed E-state index contributed by atoms with van der Waals surface area (Å²) in [5.41, 5.74) is 1.37. The van der Waals surface area contributed by atoms with Gasteiger partial charge < -0.3 is 29.7 Å². The summed E-state index contributed by atoms with van der Waals surface area (Å²) in [4.78, 5) is 38.8. The minimum atomic E-state index is -0.986. The highest BCUT2D eigenvalue weighted by Gasteiger charge is 2.21. The average Bonchev–Trinajstić information content (AvgIpc) is 2.68. The highest BCUT2D eigenvalue weighted by molar-refractivity contribution is 6.01. The predicted octanol–water partition coefficient (Wildman–Crippen LogP) is 1.49. The number of esters is 1. The Morgan fingerprint density at radius 3 is 2.59 bits per heavy atom. The number of hydrogen-bond donors (Lipinski definition) is 2. The van der Waals surface area contributed by atoms with Gasteiger partial charge in [0, 0.05) is 32.4 Å². The van der Waals surface area contributed by atoms with Crippen molar-refractivity contribution in [2.45, 2.75) is 6.92 Å². The first-order valence-electron chi connectivity index (χ1n) is 8.63. The molecule has 0 spiro atoms. The van der Waals surface area contributed by atoms with E-state index in [1.807, 2.05) is 6.07 Å². The SMILES string of the molecule is COC(=O)c1cc(N2CCOCC2)ccc1NC(=O)N(C)CC(C)C(=O)O. The summed E-state index contributed by atoms with van der Waals surface area (Å²) in [7, 11) is 2.77. The van der Waals surface area contributed by atoms with Crippen molar-refractivity contribution in [2.24, 2.45) is 5.92 Å². The number of carbonyl (C=O) groups excluding carboxylic acids is 2. The molecule has 0 aliphatic carbocycles. The van der Waals surface area contributed by atoms with Gasteiger partial charge in [0.15, 0.2) is 0 Å². The van der Waals surface area contributed by atoms with E-state index in [9.17, 15) is 14.4 Å². The normalized spacial score (nSPS) is 15.0. The molecule has 1 aliphatic heterocycles. The summed E-state index contributed by atoms with van der Waals surface area (Å²) in [5.74, 6) is -2.26. The number of carbonyl (C=O) groups is 3. The Kier molecular flexibility index (Phi) is 7.00. The zero-order valence-electron chi connectivity index (χ0n) is 15.7. The Labute approximate surface area is 157 Å². The number of ether oxygens (including phenoxy) is 2. The van der Waals surface area contributed by atoms with Gasteiger partial charge in [-0.25, -0.2) is 9.59 Å². The molecule has 27 heavy (non-hydrogen) atoms. The largest absolute Gasteiger partial charge is 0.481 e. The maximum Gasteiger partial charge on any atom is 0.340 e. The summed E-state index contributed by atoms with van der Waals surface area (Å²) in [6.07, 6.45) is 0. The number of urea groups is 1. The Balaban J connectivity index is 2.18. The van der Waals surface area contributed by atoms with Crippen LogP contribution in [0.3, 0.4) is 0 Å². The molecule has 1 atom stereocenters. The molecule has 0 aromatic heterocycles. The van der Waals surface area contributed by atoms with E-state index in [-0.39, 0.29) is 12.1 Å². The molecule has 2 rings (SSSR count). The lowest BCUT2D eigenvalue weighted by Gasteiger charge is -2.29. The van der Waals surface area contributed by atoms with E-state index in [0.29, 0.717) is 32.0 Å². The number of carboxylic acid groups (broad SMARTS) is 1. The number of morpholine rings is 1. The fraction of sp³-hybridized carbons (Fsp3) is 0.500. The molecule has 1 aliphatic rings. The van der Waals surface area contributed by atoms with Gasteiger partial charge >= 0.3 is 18.0 Å². The standard InChI is InChI=1S/C18H25N3O6/c1-12(16(22)23)11-20(2)18(25)19-15-5-4-13(10-14(15)17(24)26-3)21-6-8-27-9-7-21/h4-5,10,12H,6-9,11H2,1-3H3,(H,19,25)(H,22,23). The highest BCUT2D eigenvalue weighted by Crippen LogP contribution is 2.25. The van der Waals surface area contributed by atoms with Gasteiger partial charge in [-0.3, -0.25) is 4.79 Å². The van der Waals surface area contributed by atoms with Crippen molar-refractivity contribution in [3.63, 3.8) is 0 Å². The molecule has 1 fully saturated rings. The van der Waals surface area contributed by atoms with Gasteiger partial charge in [0.25, 0.3) is 0 Å². The van der Waals surface area contributed by atoms with E-state index in [0.717, 1.165) is 5.69 Å². The molecule has 0 saturated carbocycles. The molecule has 1 aromatic carbocycles. The molecule has 0 radical (unpaired) electrons. The van der Waals surface area contributed by atoms with Gasteiger partial charge in [-0.1, -0.05) is 6.92 Å². The first-order chi connectivity index (χ1) is 12.8. The first-order valence-corrected chi connectivity index (χ1v) is 8.63. The lowest BCUT2D eigenvalue weighted by Crippen LogP contribution is -2.37. The molecule has 1 saturated heterocycles. The van der Waals surface area contributed by atoms with Crippen LogP contribution >= 0.6 is 0 Å². The fourth-order valence-electron chi connectivity index (χ4n) is 2.72. The Hall–Kier alpha value is -2.81. The number of anilines is 2. The van der Waals surface area contributed by atoms with Crippen molar-refractivity contribution >= 4 is 29.3 Å². The zero-order valence-corrected chi connectivity index (χ0v) is 15.7. The maximum absolute atomic E-state index is 12.4. The van der Waals surface area contributed by atoms with Crippen molar-refractivity contribution < 1.29 is 29.0 Å². The van der Waals surface area contributed by atoms with Crippen molar-refractivity contribution in [3.8, 4) is 0 Å². The van der Waals surface area contributed by atoms with Crippen LogP contribution < -0.4 is 10.2 Å². The van der Waals surface area contributed by atoms with E-state index in [1.165, 1.54) is 26.0 Å². The van der Waals surface area contributed by atoms with Crippen LogP contribution in [0.5, 0.6) is 0 Å². The van der Waals surface area contributed by atoms with Gasteiger partial charge in [0.2, 0.25) is 0 Å². The molecule has 9 nitrogen and oxygen atoms in total. The number of nitrogens with one attached hydrogen (secondary N) is 1. The number of benzene rings is 1. The van der Waals surface area contributed by atoms with Crippen LogP contribution in [0.2, 0.25) is 0 Å². The maximum atomic E-state index is 12.4. The van der Waals surface area contributed by atoms with Gasteiger partial charge in [0.05, 0.1) is 37.5 Å². The number of amides is 2. The summed E-state index contributed by atoms with van der Waals surface area (Å²) in [6, 6.07) is 4.62. The van der Waals surface area contributed by atoms with Crippen molar-refractivity contribution in [1.29, 1.82) is 0 Å². The van der Waals surface area contributed by atoms with Gasteiger partial charge in [0.1, 0.15) is 0 Å². The summed E-state index contributed by atoms with van der Waals surface area (Å²) < 4.78 is 10.2. The second-order valence-corrected chi connectivity index (χ2v) is 6.37. The third kappa shape index (κ3) is 5.33. The average molecular weight is 379 g/mol. The Bertz CT molecular complexity index is 702. The minimum absolute atomic E-state index is 0.0422. The molecule has 9 heteroatoms. The summed E-state index contributed by atoms with van der Waals surface area (Å²) in [6.45, 7) is 4.20. The summed E-state index contributed by atoms with van der Waals surface area (Å²) in [5, 5.41) is 11.6. The quantitative estimate of drug-likeness (QED) is 0.721. The number of hydrogen-bond acceptors (Lipinski definition) is 6. The molecule has 148 valence electrons. The number of carboxylic acids is 1. The molecule has 1 aromatic rings. The lowest BCUT2D eigenvalue weighted by molar-refractivity contribution is -0.141. The summed E-state index contributed by atoms with van der Waals surface area (Å²) >= 11 is 0. The highest BCUT2D eigenvalue weighted by atomic mass is 16.5. The minimum Gasteiger partial charge on any atom is -0.481 e. The molecule has 2 amide bonds. The number of rotatable bonds is 6. The van der Waals surface area contributed by atoms with Crippen LogP contribution in [0.15, 0.2) is 18.2 Å². The van der Waals surface area contributed by atoms with Crippen molar-refractivity contribution in [3.05, 3.63) is 23.8 Å². The molecule has 0 bridgehead atoms. The van der Waals surface area contributed by atoms with Crippen molar-refractivity contribution in [1.82, 2.24) is 4.90 Å². The van der Waals surface area contributed by atoms with Gasteiger partial charge in [-0.2, -0.15) is 0 Å². The van der Waals surface area contributed by atoms with E-state index in [2.05, 4.69) is 10.2 Å². The topological polar surface area (TPSA) is 108 Å². The third-order valence-corrected chi connectivity index (χ3v) is 4.34. The van der Waals surface area contributed by atoms with Crippen LogP contribution in [0.25, 0.3) is 0 Å². The second-order valence-electron chi connectivity index (χ2n) is 6.37.